The Morgan fingerprint density at radius 3 is 2.96 bits per heavy atom. The standard InChI is InChI=1S/C19H22N2O3/c1-12(16-3-2-4-17-19(16)24-11-23-17)21-15-7-5-13(9-15)14-6-8-18(22)20-10-14/h2-4,6,8,10,12-13,15,21H,5,7,9,11H2,1H3,(H,20,22)/t12-,13?,15+/m1/s1. The number of H-pyrrole nitrogens is 1. The van der Waals surface area contributed by atoms with Crippen molar-refractivity contribution in [1.29, 1.82) is 0 Å². The van der Waals surface area contributed by atoms with Crippen LogP contribution in [0.3, 0.4) is 0 Å². The lowest BCUT2D eigenvalue weighted by atomic mass is 9.99. The van der Waals surface area contributed by atoms with Crippen LogP contribution in [0, 0.1) is 0 Å². The van der Waals surface area contributed by atoms with Crippen LogP contribution in [0.5, 0.6) is 11.5 Å². The van der Waals surface area contributed by atoms with Gasteiger partial charge in [0.25, 0.3) is 0 Å². The van der Waals surface area contributed by atoms with Crippen LogP contribution in [-0.4, -0.2) is 17.8 Å². The molecule has 1 aliphatic carbocycles. The SMILES string of the molecule is C[C@@H](N[C@H]1CCC(c2ccc(=O)[nH]c2)C1)c1cccc2c1OCO2. The van der Waals surface area contributed by atoms with Crippen molar-refractivity contribution in [3.8, 4) is 11.5 Å². The number of nitrogens with one attached hydrogen (secondary N) is 2. The smallest absolute Gasteiger partial charge is 0.247 e. The van der Waals surface area contributed by atoms with Crippen LogP contribution in [0.2, 0.25) is 0 Å². The van der Waals surface area contributed by atoms with Gasteiger partial charge >= 0.3 is 0 Å². The number of aromatic amines is 1. The molecular weight excluding hydrogens is 304 g/mol. The summed E-state index contributed by atoms with van der Waals surface area (Å²) in [5, 5.41) is 3.73. The van der Waals surface area contributed by atoms with Crippen molar-refractivity contribution in [3.05, 3.63) is 58.0 Å². The summed E-state index contributed by atoms with van der Waals surface area (Å²) in [6.07, 6.45) is 5.22. The number of hydrogen-bond acceptors (Lipinski definition) is 4. The minimum atomic E-state index is -0.0415. The Hall–Kier alpha value is -2.27. The van der Waals surface area contributed by atoms with Crippen LogP contribution in [0.15, 0.2) is 41.3 Å². The van der Waals surface area contributed by atoms with Crippen LogP contribution >= 0.6 is 0 Å². The molecule has 4 rings (SSSR count). The fourth-order valence-electron chi connectivity index (χ4n) is 3.85. The van der Waals surface area contributed by atoms with Crippen molar-refractivity contribution < 1.29 is 9.47 Å². The van der Waals surface area contributed by atoms with E-state index < -0.39 is 0 Å². The first-order valence-electron chi connectivity index (χ1n) is 8.54. The predicted octanol–water partition coefficient (Wildman–Crippen LogP) is 3.09. The van der Waals surface area contributed by atoms with E-state index in [1.165, 1.54) is 5.56 Å². The second kappa shape index (κ2) is 6.32. The Morgan fingerprint density at radius 1 is 1.21 bits per heavy atom. The molecule has 3 atom stereocenters. The highest BCUT2D eigenvalue weighted by atomic mass is 16.7. The molecule has 0 spiro atoms. The Morgan fingerprint density at radius 2 is 2.12 bits per heavy atom. The third-order valence-corrected chi connectivity index (χ3v) is 5.09. The van der Waals surface area contributed by atoms with Gasteiger partial charge in [-0.3, -0.25) is 4.79 Å². The predicted molar refractivity (Wildman–Crippen MR) is 91.6 cm³/mol. The first kappa shape index (κ1) is 15.3. The van der Waals surface area contributed by atoms with Gasteiger partial charge in [-0.05, 0) is 43.7 Å². The maximum absolute atomic E-state index is 11.2. The fourth-order valence-corrected chi connectivity index (χ4v) is 3.85. The van der Waals surface area contributed by atoms with Gasteiger partial charge in [-0.15, -0.1) is 0 Å². The van der Waals surface area contributed by atoms with E-state index in [1.54, 1.807) is 6.07 Å². The summed E-state index contributed by atoms with van der Waals surface area (Å²) in [6.45, 7) is 2.47. The van der Waals surface area contributed by atoms with Crippen molar-refractivity contribution in [2.45, 2.75) is 44.2 Å². The fraction of sp³-hybridized carbons (Fsp3) is 0.421. The van der Waals surface area contributed by atoms with Crippen molar-refractivity contribution >= 4 is 0 Å². The zero-order valence-electron chi connectivity index (χ0n) is 13.7. The van der Waals surface area contributed by atoms with Gasteiger partial charge in [0.1, 0.15) is 0 Å². The second-order valence-corrected chi connectivity index (χ2v) is 6.66. The maximum Gasteiger partial charge on any atom is 0.247 e. The molecule has 1 aliphatic heterocycles. The van der Waals surface area contributed by atoms with Gasteiger partial charge in [0.05, 0.1) is 0 Å². The molecule has 0 saturated heterocycles. The second-order valence-electron chi connectivity index (χ2n) is 6.66. The van der Waals surface area contributed by atoms with Crippen molar-refractivity contribution in [2.24, 2.45) is 0 Å². The summed E-state index contributed by atoms with van der Waals surface area (Å²) in [5.41, 5.74) is 2.33. The van der Waals surface area contributed by atoms with E-state index in [-0.39, 0.29) is 11.6 Å². The van der Waals surface area contributed by atoms with Crippen LogP contribution in [0.1, 0.15) is 49.3 Å². The Balaban J connectivity index is 1.42. The molecule has 1 aromatic carbocycles. The number of fused-ring (bicyclic) bond motifs is 1. The number of rotatable bonds is 4. The first-order chi connectivity index (χ1) is 11.7. The first-order valence-corrected chi connectivity index (χ1v) is 8.54. The minimum absolute atomic E-state index is 0.0415. The Bertz CT molecular complexity index is 766. The molecule has 1 fully saturated rings. The zero-order valence-corrected chi connectivity index (χ0v) is 13.7. The van der Waals surface area contributed by atoms with Gasteiger partial charge in [-0.2, -0.15) is 0 Å². The van der Waals surface area contributed by atoms with Crippen molar-refractivity contribution in [1.82, 2.24) is 10.3 Å². The lowest BCUT2D eigenvalue weighted by molar-refractivity contribution is 0.172. The summed E-state index contributed by atoms with van der Waals surface area (Å²) in [5.74, 6) is 2.21. The van der Waals surface area contributed by atoms with Gasteiger partial charge in [-0.25, -0.2) is 0 Å². The molecule has 2 aromatic rings. The highest BCUT2D eigenvalue weighted by Gasteiger charge is 2.28. The number of pyridine rings is 1. The third-order valence-electron chi connectivity index (χ3n) is 5.09. The van der Waals surface area contributed by atoms with Gasteiger partial charge in [-0.1, -0.05) is 18.2 Å². The normalized spacial score (nSPS) is 23.4. The summed E-state index contributed by atoms with van der Waals surface area (Å²) in [7, 11) is 0. The number of benzene rings is 1. The molecule has 24 heavy (non-hydrogen) atoms. The zero-order chi connectivity index (χ0) is 16.5. The highest BCUT2D eigenvalue weighted by molar-refractivity contribution is 5.49. The molecule has 2 N–H and O–H groups in total. The molecule has 126 valence electrons. The van der Waals surface area contributed by atoms with Gasteiger partial charge in [0.2, 0.25) is 12.4 Å². The molecule has 5 heteroatoms. The summed E-state index contributed by atoms with van der Waals surface area (Å²) >= 11 is 0. The molecule has 1 saturated carbocycles. The van der Waals surface area contributed by atoms with Gasteiger partial charge < -0.3 is 19.8 Å². The van der Waals surface area contributed by atoms with Crippen LogP contribution in [0.25, 0.3) is 0 Å². The average Bonchev–Trinajstić information content (AvgIpc) is 3.24. The van der Waals surface area contributed by atoms with E-state index in [4.69, 9.17) is 9.47 Å². The average molecular weight is 326 g/mol. The number of aromatic nitrogens is 1. The third kappa shape index (κ3) is 2.91. The lowest BCUT2D eigenvalue weighted by Crippen LogP contribution is -2.29. The van der Waals surface area contributed by atoms with Crippen LogP contribution in [0.4, 0.5) is 0 Å². The summed E-state index contributed by atoms with van der Waals surface area (Å²) < 4.78 is 11.1. The number of ether oxygens (including phenoxy) is 2. The quantitative estimate of drug-likeness (QED) is 0.906. The van der Waals surface area contributed by atoms with E-state index in [0.29, 0.717) is 18.8 Å². The van der Waals surface area contributed by atoms with Crippen molar-refractivity contribution in [2.75, 3.05) is 6.79 Å². The van der Waals surface area contributed by atoms with Gasteiger partial charge in [0.15, 0.2) is 11.5 Å². The van der Waals surface area contributed by atoms with Crippen molar-refractivity contribution in [3.63, 3.8) is 0 Å². The number of para-hydroxylation sites is 1. The van der Waals surface area contributed by atoms with Crippen LogP contribution < -0.4 is 20.3 Å². The minimum Gasteiger partial charge on any atom is -0.454 e. The monoisotopic (exact) mass is 326 g/mol. The molecule has 2 aliphatic rings. The molecule has 0 amide bonds. The lowest BCUT2D eigenvalue weighted by Gasteiger charge is -2.21. The molecule has 0 radical (unpaired) electrons. The molecule has 5 nitrogen and oxygen atoms in total. The molecule has 0 bridgehead atoms. The van der Waals surface area contributed by atoms with E-state index in [2.05, 4.69) is 23.3 Å². The van der Waals surface area contributed by atoms with E-state index in [1.807, 2.05) is 24.4 Å². The molecule has 1 unspecified atom stereocenters. The summed E-state index contributed by atoms with van der Waals surface area (Å²) in [4.78, 5) is 14.0. The summed E-state index contributed by atoms with van der Waals surface area (Å²) in [6, 6.07) is 10.3. The molecule has 2 heterocycles. The topological polar surface area (TPSA) is 63.4 Å². The van der Waals surface area contributed by atoms with Gasteiger partial charge in [0, 0.05) is 29.9 Å². The Labute approximate surface area is 141 Å². The van der Waals surface area contributed by atoms with Crippen LogP contribution in [-0.2, 0) is 0 Å². The molecular formula is C19H22N2O3. The highest BCUT2D eigenvalue weighted by Crippen LogP contribution is 2.40. The Kier molecular flexibility index (Phi) is 4.02. The van der Waals surface area contributed by atoms with E-state index >= 15 is 0 Å². The maximum atomic E-state index is 11.2. The van der Waals surface area contributed by atoms with E-state index in [9.17, 15) is 4.79 Å². The largest absolute Gasteiger partial charge is 0.454 e. The molecule has 1 aromatic heterocycles. The number of hydrogen-bond donors (Lipinski definition) is 2. The van der Waals surface area contributed by atoms with E-state index in [0.717, 1.165) is 36.3 Å².